The monoisotopic (exact) mass is 198 g/mol. The third-order valence-electron chi connectivity index (χ3n) is 1.57. The molecule has 0 saturated carbocycles. The lowest BCUT2D eigenvalue weighted by atomic mass is 10.2. The predicted octanol–water partition coefficient (Wildman–Crippen LogP) is 2.20. The van der Waals surface area contributed by atoms with Crippen LogP contribution in [-0.4, -0.2) is 16.3 Å². The average molecular weight is 198 g/mol. The Bertz CT molecular complexity index is 305. The fraction of sp³-hybridized carbons (Fsp3) is 0.125. The van der Waals surface area contributed by atoms with E-state index in [-0.39, 0.29) is 11.3 Å². The van der Waals surface area contributed by atoms with Crippen LogP contribution in [0.2, 0.25) is 0 Å². The first-order valence-corrected chi connectivity index (χ1v) is 4.72. The highest BCUT2D eigenvalue weighted by atomic mass is 32.2. The van der Waals surface area contributed by atoms with Gasteiger partial charge >= 0.3 is 0 Å². The van der Waals surface area contributed by atoms with Crippen LogP contribution in [0.25, 0.3) is 0 Å². The largest absolute Gasteiger partial charge is 0.385 e. The molecule has 69 valence electrons. The molecule has 0 atom stereocenters. The number of nitrogens with zero attached hydrogens (tertiary/aromatic N) is 1. The van der Waals surface area contributed by atoms with Crippen LogP contribution in [0.15, 0.2) is 23.1 Å². The molecule has 5 heteroatoms. The second-order valence-corrected chi connectivity index (χ2v) is 3.13. The number of nitro benzene ring substituents is 1. The van der Waals surface area contributed by atoms with Crippen molar-refractivity contribution < 1.29 is 10.0 Å². The Balaban J connectivity index is 3.29. The van der Waals surface area contributed by atoms with Gasteiger partial charge in [0, 0.05) is 0 Å². The van der Waals surface area contributed by atoms with Crippen molar-refractivity contribution in [2.75, 3.05) is 6.26 Å². The second kappa shape index (κ2) is 4.25. The van der Waals surface area contributed by atoms with Crippen LogP contribution in [0.1, 0.15) is 5.56 Å². The second-order valence-electron chi connectivity index (χ2n) is 2.28. The van der Waals surface area contributed by atoms with Crippen LogP contribution in [0.4, 0.5) is 5.69 Å². The number of para-hydroxylation sites is 1. The van der Waals surface area contributed by atoms with Crippen LogP contribution < -0.4 is 0 Å². The molecular formula is C8H8NO3S. The zero-order valence-electron chi connectivity index (χ0n) is 6.93. The van der Waals surface area contributed by atoms with E-state index < -0.39 is 4.92 Å². The summed E-state index contributed by atoms with van der Waals surface area (Å²) >= 11 is 1.28. The molecule has 0 aromatic heterocycles. The van der Waals surface area contributed by atoms with Crippen molar-refractivity contribution in [2.24, 2.45) is 0 Å². The maximum Gasteiger partial charge on any atom is 0.288 e. The molecular weight excluding hydrogens is 190 g/mol. The van der Waals surface area contributed by atoms with Crippen LogP contribution in [0.3, 0.4) is 0 Å². The molecule has 1 aromatic carbocycles. The molecule has 0 unspecified atom stereocenters. The van der Waals surface area contributed by atoms with Crippen molar-refractivity contribution in [1.82, 2.24) is 0 Å². The van der Waals surface area contributed by atoms with Gasteiger partial charge in [0.05, 0.1) is 15.4 Å². The molecule has 13 heavy (non-hydrogen) atoms. The molecule has 0 amide bonds. The molecule has 0 aliphatic rings. The third-order valence-corrected chi connectivity index (χ3v) is 2.34. The quantitative estimate of drug-likeness (QED) is 0.459. The van der Waals surface area contributed by atoms with Gasteiger partial charge in [0.1, 0.15) is 6.61 Å². The summed E-state index contributed by atoms with van der Waals surface area (Å²) in [6.07, 6.45) is 1.75. The fourth-order valence-corrected chi connectivity index (χ4v) is 1.60. The summed E-state index contributed by atoms with van der Waals surface area (Å²) in [5.74, 6) is 0. The lowest BCUT2D eigenvalue weighted by molar-refractivity contribution is -0.388. The molecule has 1 N–H and O–H groups in total. The molecule has 1 radical (unpaired) electrons. The van der Waals surface area contributed by atoms with E-state index in [1.165, 1.54) is 17.8 Å². The van der Waals surface area contributed by atoms with Gasteiger partial charge in [0.2, 0.25) is 0 Å². The molecule has 1 rings (SSSR count). The summed E-state index contributed by atoms with van der Waals surface area (Å²) in [5, 5.41) is 19.4. The molecule has 0 spiro atoms. The first-order chi connectivity index (χ1) is 6.20. The van der Waals surface area contributed by atoms with Crippen molar-refractivity contribution in [3.05, 3.63) is 40.5 Å². The zero-order valence-corrected chi connectivity index (χ0v) is 7.75. The summed E-state index contributed by atoms with van der Waals surface area (Å²) in [7, 11) is 0. The highest BCUT2D eigenvalue weighted by Crippen LogP contribution is 2.30. The number of aliphatic hydroxyl groups is 1. The Kier molecular flexibility index (Phi) is 3.27. The van der Waals surface area contributed by atoms with E-state index in [4.69, 9.17) is 5.11 Å². The molecule has 1 aromatic rings. The van der Waals surface area contributed by atoms with Gasteiger partial charge in [-0.25, -0.2) is 0 Å². The number of aliphatic hydroxyl groups excluding tert-OH is 1. The maximum atomic E-state index is 10.6. The minimum Gasteiger partial charge on any atom is -0.385 e. The number of benzene rings is 1. The Morgan fingerprint density at radius 2 is 2.31 bits per heavy atom. The van der Waals surface area contributed by atoms with Gasteiger partial charge in [0.25, 0.3) is 5.69 Å². The molecule has 0 bridgehead atoms. The topological polar surface area (TPSA) is 63.4 Å². The number of hydrogen-bond donors (Lipinski definition) is 1. The predicted molar refractivity (Wildman–Crippen MR) is 50.2 cm³/mol. The average Bonchev–Trinajstić information content (AvgIpc) is 2.16. The van der Waals surface area contributed by atoms with Crippen LogP contribution in [-0.2, 0) is 0 Å². The number of hydrogen-bond acceptors (Lipinski definition) is 4. The Morgan fingerprint density at radius 1 is 1.62 bits per heavy atom. The molecule has 0 aliphatic carbocycles. The van der Waals surface area contributed by atoms with Crippen LogP contribution >= 0.6 is 11.8 Å². The minimum absolute atomic E-state index is 0.0440. The molecule has 0 fully saturated rings. The molecule has 0 heterocycles. The van der Waals surface area contributed by atoms with Crippen molar-refractivity contribution in [3.63, 3.8) is 0 Å². The number of thioether (sulfide) groups is 1. The Morgan fingerprint density at radius 3 is 2.77 bits per heavy atom. The summed E-state index contributed by atoms with van der Waals surface area (Å²) < 4.78 is 0. The van der Waals surface area contributed by atoms with Gasteiger partial charge in [-0.1, -0.05) is 6.07 Å². The number of rotatable bonds is 3. The van der Waals surface area contributed by atoms with Crippen LogP contribution in [0, 0.1) is 16.7 Å². The van der Waals surface area contributed by atoms with E-state index >= 15 is 0 Å². The normalized spacial score (nSPS) is 10.0. The first-order valence-electron chi connectivity index (χ1n) is 3.49. The van der Waals surface area contributed by atoms with Gasteiger partial charge in [-0.15, -0.1) is 11.8 Å². The van der Waals surface area contributed by atoms with Gasteiger partial charge < -0.3 is 5.11 Å². The van der Waals surface area contributed by atoms with Gasteiger partial charge in [-0.05, 0) is 18.4 Å². The van der Waals surface area contributed by atoms with E-state index in [0.717, 1.165) is 6.61 Å². The summed E-state index contributed by atoms with van der Waals surface area (Å²) in [6.45, 7) is 0.748. The zero-order chi connectivity index (χ0) is 9.84. The van der Waals surface area contributed by atoms with Crippen molar-refractivity contribution in [2.45, 2.75) is 4.90 Å². The lowest BCUT2D eigenvalue weighted by Gasteiger charge is -2.02. The van der Waals surface area contributed by atoms with E-state index in [0.29, 0.717) is 4.90 Å². The van der Waals surface area contributed by atoms with E-state index in [9.17, 15) is 10.1 Å². The van der Waals surface area contributed by atoms with Crippen molar-refractivity contribution in [1.29, 1.82) is 0 Å². The SMILES string of the molecule is CSc1cccc([CH]O)c1[N+](=O)[O-]. The van der Waals surface area contributed by atoms with Gasteiger partial charge in [0.15, 0.2) is 0 Å². The molecule has 0 aliphatic heterocycles. The summed E-state index contributed by atoms with van der Waals surface area (Å²) in [5.41, 5.74) is 0.189. The molecule has 4 nitrogen and oxygen atoms in total. The van der Waals surface area contributed by atoms with Gasteiger partial charge in [-0.3, -0.25) is 10.1 Å². The molecule has 0 saturated heterocycles. The number of nitro groups is 1. The lowest BCUT2D eigenvalue weighted by Crippen LogP contribution is -1.95. The smallest absolute Gasteiger partial charge is 0.288 e. The summed E-state index contributed by atoms with van der Waals surface area (Å²) in [6, 6.07) is 4.81. The van der Waals surface area contributed by atoms with E-state index in [1.807, 2.05) is 0 Å². The maximum absolute atomic E-state index is 10.6. The highest BCUT2D eigenvalue weighted by molar-refractivity contribution is 7.98. The van der Waals surface area contributed by atoms with Crippen molar-refractivity contribution >= 4 is 17.4 Å². The minimum atomic E-state index is -0.492. The Labute approximate surface area is 79.7 Å². The summed E-state index contributed by atoms with van der Waals surface area (Å²) in [4.78, 5) is 10.7. The standard InChI is InChI=1S/C8H8NO3S/c1-13-7-4-2-3-6(5-10)8(7)9(11)12/h2-5,10H,1H3. The third kappa shape index (κ3) is 1.99. The van der Waals surface area contributed by atoms with Crippen molar-refractivity contribution in [3.8, 4) is 0 Å². The highest BCUT2D eigenvalue weighted by Gasteiger charge is 2.17. The van der Waals surface area contributed by atoms with E-state index in [1.54, 1.807) is 18.4 Å². The van der Waals surface area contributed by atoms with Gasteiger partial charge in [-0.2, -0.15) is 0 Å². The fourth-order valence-electron chi connectivity index (χ4n) is 1.00. The Hall–Kier alpha value is -1.07. The first kappa shape index (κ1) is 10.0. The van der Waals surface area contributed by atoms with Crippen LogP contribution in [0.5, 0.6) is 0 Å². The van der Waals surface area contributed by atoms with E-state index in [2.05, 4.69) is 0 Å².